The first-order valence-corrected chi connectivity index (χ1v) is 7.51. The molecule has 31 heavy (non-hydrogen) atoms. The molecule has 0 fully saturated rings. The molecule has 0 saturated carbocycles. The van der Waals surface area contributed by atoms with E-state index in [1.165, 1.54) is 0 Å². The second-order valence-electron chi connectivity index (χ2n) is 5.08. The summed E-state index contributed by atoms with van der Waals surface area (Å²) in [6.07, 6.45) is -1.60. The average molecular weight is 469 g/mol. The Hall–Kier alpha value is -3.62. The maximum atomic E-state index is 13.5. The van der Waals surface area contributed by atoms with E-state index >= 15 is 0 Å². The van der Waals surface area contributed by atoms with Crippen molar-refractivity contribution in [1.82, 2.24) is 29.9 Å². The van der Waals surface area contributed by atoms with Gasteiger partial charge < -0.3 is 10.5 Å². The van der Waals surface area contributed by atoms with Crippen LogP contribution in [0.4, 0.5) is 26.3 Å². The van der Waals surface area contributed by atoms with Gasteiger partial charge in [0.2, 0.25) is 17.7 Å². The molecule has 0 aliphatic carbocycles. The van der Waals surface area contributed by atoms with E-state index in [1.807, 2.05) is 0 Å². The van der Waals surface area contributed by atoms with Gasteiger partial charge in [0.1, 0.15) is 0 Å². The van der Waals surface area contributed by atoms with E-state index in [0.29, 0.717) is 0 Å². The number of nitrogens with zero attached hydrogens (tertiary/aromatic N) is 6. The second-order valence-corrected chi connectivity index (χ2v) is 5.08. The first-order valence-electron chi connectivity index (χ1n) is 7.51. The smallest absolute Gasteiger partial charge is 0.426 e. The number of amidine groups is 1. The molecular formula is C15H11ClF6N8O. The number of methoxy groups -OCH3 is 1. The highest BCUT2D eigenvalue weighted by atomic mass is 35.5. The number of hydrogen-bond acceptors (Lipinski definition) is 8. The Labute approximate surface area is 175 Å². The molecule has 3 rings (SSSR count). The van der Waals surface area contributed by atoms with Gasteiger partial charge in [-0.25, -0.2) is 28.7 Å². The number of alkyl halides is 3. The molecule has 9 nitrogen and oxygen atoms in total. The summed E-state index contributed by atoms with van der Waals surface area (Å²) in [6.45, 7) is 0. The number of nitrogen functional groups attached to an aromatic ring is 1. The molecule has 16 heteroatoms. The van der Waals surface area contributed by atoms with Gasteiger partial charge in [-0.15, -0.1) is 12.4 Å². The predicted molar refractivity (Wildman–Crippen MR) is 94.8 cm³/mol. The number of nitrogens with two attached hydrogens (primary N) is 1. The van der Waals surface area contributed by atoms with Gasteiger partial charge in [0.05, 0.1) is 31.9 Å². The largest absolute Gasteiger partial charge is 0.480 e. The Bertz CT molecular complexity index is 1030. The van der Waals surface area contributed by atoms with Crippen LogP contribution in [0.5, 0.6) is 5.88 Å². The zero-order valence-corrected chi connectivity index (χ0v) is 16.0. The fourth-order valence-electron chi connectivity index (χ4n) is 1.78. The van der Waals surface area contributed by atoms with Crippen LogP contribution in [0.3, 0.4) is 0 Å². The van der Waals surface area contributed by atoms with E-state index < -0.39 is 41.0 Å². The molecule has 3 heterocycles. The summed E-state index contributed by atoms with van der Waals surface area (Å²) in [5.41, 5.74) is 3.27. The summed E-state index contributed by atoms with van der Waals surface area (Å²) in [6, 6.07) is 0. The highest BCUT2D eigenvalue weighted by Crippen LogP contribution is 2.37. The molecule has 0 bridgehead atoms. The lowest BCUT2D eigenvalue weighted by atomic mass is 10.3. The summed E-state index contributed by atoms with van der Waals surface area (Å²) >= 11 is 0. The average Bonchev–Trinajstić information content (AvgIpc) is 2.67. The zero-order chi connectivity index (χ0) is 22.5. The summed E-state index contributed by atoms with van der Waals surface area (Å²) in [5, 5.41) is 6.84. The van der Waals surface area contributed by atoms with Crippen LogP contribution in [0, 0.1) is 23.0 Å². The molecule has 0 saturated heterocycles. The van der Waals surface area contributed by atoms with Gasteiger partial charge in [-0.05, 0) is 0 Å². The lowest BCUT2D eigenvalue weighted by Crippen LogP contribution is -2.14. The Balaban J connectivity index is 0.000000370. The van der Waals surface area contributed by atoms with Crippen LogP contribution in [-0.2, 0) is 6.18 Å². The molecule has 0 aromatic carbocycles. The molecule has 0 amide bonds. The van der Waals surface area contributed by atoms with Crippen molar-refractivity contribution < 1.29 is 31.1 Å². The van der Waals surface area contributed by atoms with Gasteiger partial charge >= 0.3 is 6.18 Å². The maximum Gasteiger partial charge on any atom is 0.426 e. The molecule has 3 aromatic rings. The fourth-order valence-corrected chi connectivity index (χ4v) is 1.78. The Kier molecular flexibility index (Phi) is 8.54. The molecular weight excluding hydrogens is 458 g/mol. The van der Waals surface area contributed by atoms with Crippen LogP contribution >= 0.6 is 12.4 Å². The molecule has 3 N–H and O–H groups in total. The Morgan fingerprint density at radius 1 is 0.903 bits per heavy atom. The van der Waals surface area contributed by atoms with E-state index in [4.69, 9.17) is 11.1 Å². The van der Waals surface area contributed by atoms with Gasteiger partial charge in [-0.3, -0.25) is 5.41 Å². The van der Waals surface area contributed by atoms with Crippen molar-refractivity contribution in [3.05, 3.63) is 53.8 Å². The lowest BCUT2D eigenvalue weighted by Gasteiger charge is -2.11. The summed E-state index contributed by atoms with van der Waals surface area (Å²) < 4.78 is 80.4. The Morgan fingerprint density at radius 2 is 1.39 bits per heavy atom. The van der Waals surface area contributed by atoms with E-state index in [1.54, 1.807) is 0 Å². The van der Waals surface area contributed by atoms with Crippen LogP contribution in [0.25, 0.3) is 11.6 Å². The molecule has 3 aromatic heterocycles. The number of aromatic nitrogens is 6. The molecule has 166 valence electrons. The van der Waals surface area contributed by atoms with E-state index in [9.17, 15) is 26.3 Å². The van der Waals surface area contributed by atoms with Crippen molar-refractivity contribution in [2.45, 2.75) is 6.18 Å². The highest BCUT2D eigenvalue weighted by molar-refractivity contribution is 5.90. The van der Waals surface area contributed by atoms with Crippen molar-refractivity contribution in [3.63, 3.8) is 0 Å². The molecule has 0 radical (unpaired) electrons. The first-order chi connectivity index (χ1) is 14.0. The van der Waals surface area contributed by atoms with Crippen molar-refractivity contribution in [3.8, 4) is 17.5 Å². The minimum absolute atomic E-state index is 0. The van der Waals surface area contributed by atoms with Gasteiger partial charge in [0, 0.05) is 0 Å². The number of hydrogen-bond donors (Lipinski definition) is 2. The predicted octanol–water partition coefficient (Wildman–Crippen LogP) is 2.56. The topological polar surface area (TPSA) is 136 Å². The molecule has 0 aliphatic rings. The molecule has 0 spiro atoms. The maximum absolute atomic E-state index is 13.5. The van der Waals surface area contributed by atoms with E-state index in [0.717, 1.165) is 31.9 Å². The Morgan fingerprint density at radius 3 is 1.81 bits per heavy atom. The van der Waals surface area contributed by atoms with Gasteiger partial charge in [-0.2, -0.15) is 27.5 Å². The first kappa shape index (κ1) is 25.4. The van der Waals surface area contributed by atoms with E-state index in [-0.39, 0.29) is 29.9 Å². The van der Waals surface area contributed by atoms with Gasteiger partial charge in [-0.1, -0.05) is 0 Å². The van der Waals surface area contributed by atoms with Crippen molar-refractivity contribution in [1.29, 1.82) is 5.41 Å². The van der Waals surface area contributed by atoms with Crippen molar-refractivity contribution in [2.24, 2.45) is 5.73 Å². The van der Waals surface area contributed by atoms with Crippen LogP contribution in [-0.4, -0.2) is 42.8 Å². The van der Waals surface area contributed by atoms with Crippen LogP contribution in [0.2, 0.25) is 0 Å². The summed E-state index contributed by atoms with van der Waals surface area (Å²) in [7, 11) is 0.895. The summed E-state index contributed by atoms with van der Waals surface area (Å²) in [4.78, 5) is 20.2. The normalized spacial score (nSPS) is 10.4. The monoisotopic (exact) mass is 468 g/mol. The molecule has 0 atom stereocenters. The van der Waals surface area contributed by atoms with E-state index in [2.05, 4.69) is 34.6 Å². The minimum Gasteiger partial charge on any atom is -0.480 e. The third-order valence-electron chi connectivity index (χ3n) is 2.99. The second kappa shape index (κ2) is 10.4. The van der Waals surface area contributed by atoms with Crippen LogP contribution in [0.15, 0.2) is 24.8 Å². The number of ether oxygens (including phenoxy) is 1. The van der Waals surface area contributed by atoms with Gasteiger partial charge in [0.15, 0.2) is 34.7 Å². The number of rotatable bonds is 3. The quantitative estimate of drug-likeness (QED) is 0.259. The fraction of sp³-hybridized carbons (Fsp3) is 0.133. The number of nitrogens with one attached hydrogen (secondary N) is 1. The van der Waals surface area contributed by atoms with Crippen LogP contribution in [0.1, 0.15) is 11.4 Å². The highest BCUT2D eigenvalue weighted by Gasteiger charge is 2.40. The third kappa shape index (κ3) is 6.70. The molecule has 0 aliphatic heterocycles. The zero-order valence-electron chi connectivity index (χ0n) is 15.2. The molecule has 0 unspecified atom stereocenters. The minimum atomic E-state index is -5.02. The van der Waals surface area contributed by atoms with Crippen molar-refractivity contribution in [2.75, 3.05) is 7.11 Å². The van der Waals surface area contributed by atoms with Crippen molar-refractivity contribution >= 4 is 18.2 Å². The third-order valence-corrected chi connectivity index (χ3v) is 2.99. The lowest BCUT2D eigenvalue weighted by molar-refractivity contribution is -0.142. The SMILES string of the molecule is COc1nc(-c2ncc(F)cn2)nc(F)c1C(F)(F)F.Cl.N=C(N)c1ncc(F)cn1. The number of halogens is 7. The standard InChI is InChI=1S/C10H5F5N4O.C5H5FN4.ClH/c1-20-9-5(10(13,14)15)6(12)18-8(19-9)7-16-2-4(11)3-17-7;6-3-1-9-5(4(7)8)10-2-3;/h2-3H,1H3;1-2H,(H3,7,8);1H. The van der Waals surface area contributed by atoms with Gasteiger partial charge in [0.25, 0.3) is 0 Å². The summed E-state index contributed by atoms with van der Waals surface area (Å²) in [5.74, 6) is -5.25. The van der Waals surface area contributed by atoms with Crippen LogP contribution < -0.4 is 10.5 Å².